The summed E-state index contributed by atoms with van der Waals surface area (Å²) in [5, 5.41) is 15.6. The maximum absolute atomic E-state index is 12.9. The largest absolute Gasteiger partial charge is 0.365 e. The van der Waals surface area contributed by atoms with Crippen LogP contribution in [0.25, 0.3) is 0 Å². The quantitative estimate of drug-likeness (QED) is 0.785. The van der Waals surface area contributed by atoms with Crippen molar-refractivity contribution < 1.29 is 14.3 Å². The summed E-state index contributed by atoms with van der Waals surface area (Å²) in [6.45, 7) is 8.73. The van der Waals surface area contributed by atoms with Crippen LogP contribution in [-0.2, 0) is 35.8 Å². The summed E-state index contributed by atoms with van der Waals surface area (Å²) in [6.07, 6.45) is 2.40. The zero-order valence-corrected chi connectivity index (χ0v) is 17.1. The second kappa shape index (κ2) is 7.58. The molecule has 156 valence electrons. The van der Waals surface area contributed by atoms with Crippen LogP contribution in [0.15, 0.2) is 12.3 Å². The molecule has 2 aromatic rings. The van der Waals surface area contributed by atoms with Gasteiger partial charge in [0.25, 0.3) is 5.91 Å². The van der Waals surface area contributed by atoms with Crippen molar-refractivity contribution in [3.05, 3.63) is 29.3 Å². The Morgan fingerprint density at radius 3 is 2.93 bits per heavy atom. The molecule has 1 N–H and O–H groups in total. The molecule has 2 amide bonds. The zero-order valence-electron chi connectivity index (χ0n) is 17.1. The monoisotopic (exact) mass is 401 g/mol. The molecule has 29 heavy (non-hydrogen) atoms. The van der Waals surface area contributed by atoms with Crippen LogP contribution in [0, 0.1) is 5.92 Å². The summed E-state index contributed by atoms with van der Waals surface area (Å²) in [6, 6.07) is 1.76. The van der Waals surface area contributed by atoms with Crippen molar-refractivity contribution in [3.63, 3.8) is 0 Å². The lowest BCUT2D eigenvalue weighted by Crippen LogP contribution is -2.45. The van der Waals surface area contributed by atoms with Crippen molar-refractivity contribution in [2.75, 3.05) is 13.1 Å². The van der Waals surface area contributed by atoms with E-state index in [0.717, 1.165) is 17.8 Å². The first-order valence-corrected chi connectivity index (χ1v) is 10.1. The zero-order chi connectivity index (χ0) is 20.6. The van der Waals surface area contributed by atoms with Gasteiger partial charge in [-0.2, -0.15) is 5.10 Å². The fourth-order valence-electron chi connectivity index (χ4n) is 3.90. The van der Waals surface area contributed by atoms with E-state index in [9.17, 15) is 9.59 Å². The predicted molar refractivity (Wildman–Crippen MR) is 103 cm³/mol. The Bertz CT molecular complexity index is 919. The molecule has 1 saturated heterocycles. The van der Waals surface area contributed by atoms with E-state index in [4.69, 9.17) is 4.74 Å². The van der Waals surface area contributed by atoms with Gasteiger partial charge in [-0.3, -0.25) is 14.3 Å². The Kier molecular flexibility index (Phi) is 5.12. The van der Waals surface area contributed by atoms with Gasteiger partial charge in [-0.15, -0.1) is 5.10 Å². The molecule has 2 aliphatic heterocycles. The highest BCUT2D eigenvalue weighted by atomic mass is 16.5. The van der Waals surface area contributed by atoms with Crippen molar-refractivity contribution in [1.29, 1.82) is 0 Å². The average molecular weight is 401 g/mol. The first kappa shape index (κ1) is 19.6. The van der Waals surface area contributed by atoms with E-state index >= 15 is 0 Å². The minimum atomic E-state index is -0.453. The molecular formula is C19H27N7O3. The Morgan fingerprint density at radius 2 is 2.17 bits per heavy atom. The summed E-state index contributed by atoms with van der Waals surface area (Å²) in [4.78, 5) is 26.5. The smallest absolute Gasteiger partial charge is 0.272 e. The molecule has 2 aliphatic rings. The molecular weight excluding hydrogens is 374 g/mol. The first-order chi connectivity index (χ1) is 13.9. The minimum absolute atomic E-state index is 0.0174. The van der Waals surface area contributed by atoms with Crippen LogP contribution in [0.3, 0.4) is 0 Å². The second-order valence-electron chi connectivity index (χ2n) is 7.99. The fourth-order valence-corrected chi connectivity index (χ4v) is 3.90. The summed E-state index contributed by atoms with van der Waals surface area (Å²) in [7, 11) is 0. The summed E-state index contributed by atoms with van der Waals surface area (Å²) in [5.74, 6) is -0.116. The number of aryl methyl sites for hydroxylation is 1. The molecule has 10 nitrogen and oxygen atoms in total. The molecule has 4 heterocycles. The summed E-state index contributed by atoms with van der Waals surface area (Å²) < 4.78 is 9.79. The van der Waals surface area contributed by atoms with Gasteiger partial charge in [0.05, 0.1) is 31.9 Å². The lowest BCUT2D eigenvalue weighted by atomic mass is 10.0. The third kappa shape index (κ3) is 3.64. The van der Waals surface area contributed by atoms with Gasteiger partial charge in [-0.1, -0.05) is 19.1 Å². The predicted octanol–water partition coefficient (Wildman–Crippen LogP) is 0.582. The number of rotatable bonds is 5. The van der Waals surface area contributed by atoms with Crippen molar-refractivity contribution in [3.8, 4) is 0 Å². The molecule has 0 saturated carbocycles. The van der Waals surface area contributed by atoms with E-state index in [1.165, 1.54) is 0 Å². The Labute approximate surface area is 169 Å². The normalized spacial score (nSPS) is 21.0. The van der Waals surface area contributed by atoms with Crippen molar-refractivity contribution in [2.45, 2.75) is 59.0 Å². The number of nitrogens with zero attached hydrogens (tertiary/aromatic N) is 6. The molecule has 2 aromatic heterocycles. The van der Waals surface area contributed by atoms with Crippen molar-refractivity contribution in [1.82, 2.24) is 35.0 Å². The number of amides is 2. The molecule has 1 atom stereocenters. The van der Waals surface area contributed by atoms with E-state index in [1.54, 1.807) is 16.9 Å². The number of likely N-dealkylation sites (tertiary alicyclic amines) is 1. The van der Waals surface area contributed by atoms with E-state index < -0.39 is 5.60 Å². The number of carbonyl (C=O) groups excluding carboxylic acids is 2. The topological polar surface area (TPSA) is 107 Å². The van der Waals surface area contributed by atoms with Crippen molar-refractivity contribution in [2.24, 2.45) is 5.92 Å². The van der Waals surface area contributed by atoms with Crippen LogP contribution in [0.2, 0.25) is 0 Å². The highest BCUT2D eigenvalue weighted by Gasteiger charge is 2.45. The van der Waals surface area contributed by atoms with Gasteiger partial charge >= 0.3 is 0 Å². The average Bonchev–Trinajstić information content (AvgIpc) is 3.44. The summed E-state index contributed by atoms with van der Waals surface area (Å²) in [5.41, 5.74) is 1.76. The van der Waals surface area contributed by atoms with E-state index in [1.807, 2.05) is 30.4 Å². The Morgan fingerprint density at radius 1 is 1.34 bits per heavy atom. The SMILES string of the molecule is CCn1nccc1C(=O)N1CCC2(C1)Cn1nnc(CNC(=O)C(C)C)c1CO2. The van der Waals surface area contributed by atoms with Gasteiger partial charge in [0.2, 0.25) is 5.91 Å². The van der Waals surface area contributed by atoms with Gasteiger partial charge in [-0.05, 0) is 19.4 Å². The van der Waals surface area contributed by atoms with Crippen LogP contribution >= 0.6 is 0 Å². The molecule has 1 fully saturated rings. The molecule has 4 rings (SSSR count). The molecule has 0 aliphatic carbocycles. The summed E-state index contributed by atoms with van der Waals surface area (Å²) >= 11 is 0. The first-order valence-electron chi connectivity index (χ1n) is 10.1. The fraction of sp³-hybridized carbons (Fsp3) is 0.632. The van der Waals surface area contributed by atoms with Crippen LogP contribution in [0.1, 0.15) is 49.1 Å². The molecule has 0 aromatic carbocycles. The molecule has 0 bridgehead atoms. The number of hydrogen-bond donors (Lipinski definition) is 1. The molecule has 10 heteroatoms. The lowest BCUT2D eigenvalue weighted by Gasteiger charge is -2.34. The van der Waals surface area contributed by atoms with Crippen molar-refractivity contribution >= 4 is 11.8 Å². The highest BCUT2D eigenvalue weighted by molar-refractivity contribution is 5.92. The molecule has 1 spiro atoms. The number of nitrogens with one attached hydrogen (secondary N) is 1. The molecule has 1 unspecified atom stereocenters. The lowest BCUT2D eigenvalue weighted by molar-refractivity contribution is -0.124. The van der Waals surface area contributed by atoms with Gasteiger partial charge in [-0.25, -0.2) is 4.68 Å². The van der Waals surface area contributed by atoms with Gasteiger partial charge in [0, 0.05) is 25.2 Å². The third-order valence-corrected chi connectivity index (χ3v) is 5.66. The third-order valence-electron chi connectivity index (χ3n) is 5.66. The minimum Gasteiger partial charge on any atom is -0.365 e. The van der Waals surface area contributed by atoms with Crippen LogP contribution in [0.4, 0.5) is 0 Å². The maximum Gasteiger partial charge on any atom is 0.272 e. The second-order valence-corrected chi connectivity index (χ2v) is 7.99. The highest BCUT2D eigenvalue weighted by Crippen LogP contribution is 2.33. The van der Waals surface area contributed by atoms with E-state index in [2.05, 4.69) is 20.7 Å². The van der Waals surface area contributed by atoms with Gasteiger partial charge in [0.15, 0.2) is 0 Å². The van der Waals surface area contributed by atoms with Gasteiger partial charge < -0.3 is 15.0 Å². The molecule has 0 radical (unpaired) electrons. The van der Waals surface area contributed by atoms with E-state index in [0.29, 0.717) is 45.0 Å². The number of fused-ring (bicyclic) bond motifs is 1. The number of aromatic nitrogens is 5. The van der Waals surface area contributed by atoms with Gasteiger partial charge in [0.1, 0.15) is 17.0 Å². The Hall–Kier alpha value is -2.75. The van der Waals surface area contributed by atoms with Crippen LogP contribution < -0.4 is 5.32 Å². The number of hydrogen-bond acceptors (Lipinski definition) is 6. The van der Waals surface area contributed by atoms with Crippen LogP contribution in [-0.4, -0.2) is 60.2 Å². The number of ether oxygens (including phenoxy) is 1. The number of carbonyl (C=O) groups is 2. The van der Waals surface area contributed by atoms with Crippen LogP contribution in [0.5, 0.6) is 0 Å². The standard InChI is InChI=1S/C19H27N7O3/c1-4-25-15(5-7-21-25)18(28)24-8-6-19(11-24)12-26-16(10-29-19)14(22-23-26)9-20-17(27)13(2)3/h5,7,13H,4,6,8-12H2,1-3H3,(H,20,27). The van der Waals surface area contributed by atoms with E-state index in [-0.39, 0.29) is 17.7 Å². The maximum atomic E-state index is 12.9. The Balaban J connectivity index is 1.42.